The Morgan fingerprint density at radius 2 is 1.95 bits per heavy atom. The van der Waals surface area contributed by atoms with E-state index in [9.17, 15) is 8.42 Å². The van der Waals surface area contributed by atoms with E-state index in [-0.39, 0.29) is 0 Å². The average molecular weight is 322 g/mol. The fraction of sp³-hybridized carbons (Fsp3) is 0.333. The molecule has 1 unspecified atom stereocenters. The van der Waals surface area contributed by atoms with Gasteiger partial charge in [0.2, 0.25) is 10.0 Å². The van der Waals surface area contributed by atoms with Gasteiger partial charge in [-0.1, -0.05) is 12.1 Å². The van der Waals surface area contributed by atoms with Gasteiger partial charge in [0.1, 0.15) is 0 Å². The molecule has 112 valence electrons. The maximum Gasteiger partial charge on any atom is 0.229 e. The second-order valence-electron chi connectivity index (χ2n) is 5.43. The highest BCUT2D eigenvalue weighted by molar-refractivity contribution is 7.92. The molecule has 2 N–H and O–H groups in total. The molecule has 2 aromatic rings. The summed E-state index contributed by atoms with van der Waals surface area (Å²) in [7, 11) is -3.25. The average Bonchev–Trinajstić information content (AvgIpc) is 3.09. The zero-order valence-corrected chi connectivity index (χ0v) is 13.4. The van der Waals surface area contributed by atoms with Crippen molar-refractivity contribution in [3.8, 4) is 0 Å². The van der Waals surface area contributed by atoms with E-state index in [0.29, 0.717) is 17.6 Å². The molecule has 3 rings (SSSR count). The van der Waals surface area contributed by atoms with Gasteiger partial charge in [0.05, 0.1) is 18.0 Å². The molecule has 21 heavy (non-hydrogen) atoms. The molecule has 1 aromatic carbocycles. The van der Waals surface area contributed by atoms with Gasteiger partial charge in [-0.15, -0.1) is 11.3 Å². The highest BCUT2D eigenvalue weighted by atomic mass is 32.2. The summed E-state index contributed by atoms with van der Waals surface area (Å²) >= 11 is 1.76. The lowest BCUT2D eigenvalue weighted by atomic mass is 10.1. The maximum absolute atomic E-state index is 11.3. The van der Waals surface area contributed by atoms with Gasteiger partial charge in [0.25, 0.3) is 0 Å². The molecule has 1 aromatic heterocycles. The van der Waals surface area contributed by atoms with Gasteiger partial charge in [-0.05, 0) is 48.4 Å². The highest BCUT2D eigenvalue weighted by Gasteiger charge is 2.32. The largest absolute Gasteiger partial charge is 0.377 e. The van der Waals surface area contributed by atoms with Gasteiger partial charge >= 0.3 is 0 Å². The van der Waals surface area contributed by atoms with Gasteiger partial charge in [0, 0.05) is 10.6 Å². The zero-order valence-electron chi connectivity index (χ0n) is 11.7. The van der Waals surface area contributed by atoms with Crippen molar-refractivity contribution in [3.63, 3.8) is 0 Å². The van der Waals surface area contributed by atoms with Crippen LogP contribution in [-0.2, 0) is 10.0 Å². The molecule has 1 atom stereocenters. The summed E-state index contributed by atoms with van der Waals surface area (Å²) in [4.78, 5) is 1.33. The van der Waals surface area contributed by atoms with E-state index in [4.69, 9.17) is 0 Å². The van der Waals surface area contributed by atoms with Gasteiger partial charge in [-0.3, -0.25) is 4.72 Å². The predicted octanol–water partition coefficient (Wildman–Crippen LogP) is 3.68. The van der Waals surface area contributed by atoms with Crippen LogP contribution in [0.1, 0.15) is 23.8 Å². The van der Waals surface area contributed by atoms with Crippen LogP contribution in [-0.4, -0.2) is 14.7 Å². The lowest BCUT2D eigenvalue weighted by molar-refractivity contribution is 0.607. The molecule has 1 aliphatic carbocycles. The highest BCUT2D eigenvalue weighted by Crippen LogP contribution is 2.44. The standard InChI is InChI=1S/C15H18N2O2S2/c1-21(18,19)17-13-5-2-4-12(10-13)16-15(11-7-8-11)14-6-3-9-20-14/h2-6,9-11,15-17H,7-8H2,1H3. The Balaban J connectivity index is 1.78. The van der Waals surface area contributed by atoms with E-state index in [0.717, 1.165) is 11.9 Å². The second-order valence-corrected chi connectivity index (χ2v) is 8.16. The minimum absolute atomic E-state index is 0.318. The van der Waals surface area contributed by atoms with Crippen LogP contribution in [0.5, 0.6) is 0 Å². The molecule has 0 radical (unpaired) electrons. The Hall–Kier alpha value is -1.53. The van der Waals surface area contributed by atoms with Crippen molar-refractivity contribution in [2.24, 2.45) is 5.92 Å². The van der Waals surface area contributed by atoms with Gasteiger partial charge in [-0.25, -0.2) is 8.42 Å². The van der Waals surface area contributed by atoms with Crippen LogP contribution in [0.15, 0.2) is 41.8 Å². The first-order chi connectivity index (χ1) is 10.0. The smallest absolute Gasteiger partial charge is 0.229 e. The number of benzene rings is 1. The predicted molar refractivity (Wildman–Crippen MR) is 88.3 cm³/mol. The SMILES string of the molecule is CS(=O)(=O)Nc1cccc(NC(c2cccs2)C2CC2)c1. The molecule has 0 aliphatic heterocycles. The van der Waals surface area contributed by atoms with E-state index in [1.807, 2.05) is 18.2 Å². The van der Waals surface area contributed by atoms with Crippen molar-refractivity contribution >= 4 is 32.7 Å². The monoisotopic (exact) mass is 322 g/mol. The molecule has 6 heteroatoms. The van der Waals surface area contributed by atoms with Crippen molar-refractivity contribution in [1.29, 1.82) is 0 Å². The molecule has 0 saturated heterocycles. The van der Waals surface area contributed by atoms with Crippen molar-refractivity contribution in [2.45, 2.75) is 18.9 Å². The molecule has 0 spiro atoms. The number of rotatable bonds is 6. The van der Waals surface area contributed by atoms with E-state index in [1.54, 1.807) is 17.4 Å². The first-order valence-electron chi connectivity index (χ1n) is 6.89. The molecular formula is C15H18N2O2S2. The second kappa shape index (κ2) is 5.69. The molecule has 4 nitrogen and oxygen atoms in total. The Morgan fingerprint density at radius 3 is 2.57 bits per heavy atom. The first-order valence-corrected chi connectivity index (χ1v) is 9.66. The minimum Gasteiger partial charge on any atom is -0.377 e. The number of hydrogen-bond acceptors (Lipinski definition) is 4. The number of thiophene rings is 1. The molecule has 1 saturated carbocycles. The molecule has 1 heterocycles. The van der Waals surface area contributed by atoms with Crippen molar-refractivity contribution < 1.29 is 8.42 Å². The summed E-state index contributed by atoms with van der Waals surface area (Å²) in [5, 5.41) is 5.64. The van der Waals surface area contributed by atoms with Crippen LogP contribution in [0, 0.1) is 5.92 Å². The minimum atomic E-state index is -3.25. The Kier molecular flexibility index (Phi) is 3.91. The number of nitrogens with one attached hydrogen (secondary N) is 2. The Morgan fingerprint density at radius 1 is 1.19 bits per heavy atom. The van der Waals surface area contributed by atoms with E-state index >= 15 is 0 Å². The summed E-state index contributed by atoms with van der Waals surface area (Å²) in [5.74, 6) is 0.676. The number of anilines is 2. The third-order valence-corrected chi connectivity index (χ3v) is 4.99. The molecule has 1 fully saturated rings. The van der Waals surface area contributed by atoms with Crippen molar-refractivity contribution in [2.75, 3.05) is 16.3 Å². The van der Waals surface area contributed by atoms with Crippen LogP contribution in [0.25, 0.3) is 0 Å². The Bertz CT molecular complexity index is 707. The fourth-order valence-electron chi connectivity index (χ4n) is 2.39. The lowest BCUT2D eigenvalue weighted by Crippen LogP contribution is -2.12. The fourth-order valence-corrected chi connectivity index (χ4v) is 3.81. The van der Waals surface area contributed by atoms with Crippen molar-refractivity contribution in [1.82, 2.24) is 0 Å². The van der Waals surface area contributed by atoms with E-state index in [2.05, 4.69) is 27.6 Å². The third kappa shape index (κ3) is 3.98. The normalized spacial score (nSPS) is 16.4. The van der Waals surface area contributed by atoms with Crippen LogP contribution in [0.4, 0.5) is 11.4 Å². The summed E-state index contributed by atoms with van der Waals surface area (Å²) < 4.78 is 25.1. The maximum atomic E-state index is 11.3. The lowest BCUT2D eigenvalue weighted by Gasteiger charge is -2.19. The van der Waals surface area contributed by atoms with Gasteiger partial charge < -0.3 is 5.32 Å². The number of sulfonamides is 1. The van der Waals surface area contributed by atoms with Crippen LogP contribution in [0.3, 0.4) is 0 Å². The summed E-state index contributed by atoms with van der Waals surface area (Å²) in [5.41, 5.74) is 1.53. The van der Waals surface area contributed by atoms with E-state index in [1.165, 1.54) is 17.7 Å². The topological polar surface area (TPSA) is 58.2 Å². The summed E-state index contributed by atoms with van der Waals surface area (Å²) in [6.45, 7) is 0. The van der Waals surface area contributed by atoms with Crippen LogP contribution < -0.4 is 10.0 Å². The molecule has 0 bridgehead atoms. The first kappa shape index (κ1) is 14.4. The number of hydrogen-bond donors (Lipinski definition) is 2. The van der Waals surface area contributed by atoms with Crippen LogP contribution >= 0.6 is 11.3 Å². The van der Waals surface area contributed by atoms with E-state index < -0.39 is 10.0 Å². The van der Waals surface area contributed by atoms with Crippen molar-refractivity contribution in [3.05, 3.63) is 46.7 Å². The van der Waals surface area contributed by atoms with Crippen LogP contribution in [0.2, 0.25) is 0 Å². The molecule has 1 aliphatic rings. The van der Waals surface area contributed by atoms with Gasteiger partial charge in [-0.2, -0.15) is 0 Å². The van der Waals surface area contributed by atoms with Gasteiger partial charge in [0.15, 0.2) is 0 Å². The molecular weight excluding hydrogens is 304 g/mol. The Labute approximate surface area is 129 Å². The molecule has 0 amide bonds. The summed E-state index contributed by atoms with van der Waals surface area (Å²) in [6, 6.07) is 12.0. The zero-order chi connectivity index (χ0) is 14.9. The summed E-state index contributed by atoms with van der Waals surface area (Å²) in [6.07, 6.45) is 3.65. The third-order valence-electron chi connectivity index (χ3n) is 3.43. The quantitative estimate of drug-likeness (QED) is 0.853.